The Bertz CT molecular complexity index is 1220. The van der Waals surface area contributed by atoms with Gasteiger partial charge in [0.25, 0.3) is 0 Å². The zero-order valence-electron chi connectivity index (χ0n) is 20.0. The van der Waals surface area contributed by atoms with Gasteiger partial charge in [-0.25, -0.2) is 9.18 Å². The van der Waals surface area contributed by atoms with E-state index in [2.05, 4.69) is 44.7 Å². The third-order valence-corrected chi connectivity index (χ3v) is 5.30. The lowest BCUT2D eigenvalue weighted by Crippen LogP contribution is -2.23. The minimum atomic E-state index is -1.13. The molecule has 3 aromatic rings. The summed E-state index contributed by atoms with van der Waals surface area (Å²) in [7, 11) is 1.64. The van der Waals surface area contributed by atoms with Gasteiger partial charge in [0.15, 0.2) is 0 Å². The lowest BCUT2D eigenvalue weighted by Gasteiger charge is -2.20. The van der Waals surface area contributed by atoms with E-state index in [0.717, 1.165) is 12.0 Å². The van der Waals surface area contributed by atoms with Crippen LogP contribution in [0, 0.1) is 31.0 Å². The Morgan fingerprint density at radius 2 is 1.62 bits per heavy atom. The molecule has 0 radical (unpaired) electrons. The maximum absolute atomic E-state index is 13.8. The highest BCUT2D eigenvalue weighted by molar-refractivity contribution is 5.94. The van der Waals surface area contributed by atoms with Gasteiger partial charge in [0.05, 0.1) is 5.56 Å². The van der Waals surface area contributed by atoms with Crippen molar-refractivity contribution in [3.8, 4) is 6.07 Å². The van der Waals surface area contributed by atoms with Crippen molar-refractivity contribution in [3.05, 3.63) is 119 Å². The number of hydrogen-bond acceptors (Lipinski definition) is 3. The number of nitrogens with zero attached hydrogens (tertiary/aromatic N) is 2. The van der Waals surface area contributed by atoms with Crippen LogP contribution in [0.3, 0.4) is 0 Å². The molecule has 0 aliphatic rings. The van der Waals surface area contributed by atoms with Gasteiger partial charge in [0.2, 0.25) is 0 Å². The lowest BCUT2D eigenvalue weighted by molar-refractivity contribution is -0.132. The number of allylic oxidation sites excluding steroid dienone is 2. The smallest absolute Gasteiger partial charge is 0.352 e. The number of halogens is 1. The molecule has 0 saturated heterocycles. The van der Waals surface area contributed by atoms with Crippen LogP contribution in [0.15, 0.2) is 85.1 Å². The summed E-state index contributed by atoms with van der Waals surface area (Å²) in [6, 6.07) is 21.8. The van der Waals surface area contributed by atoms with E-state index in [1.165, 1.54) is 40.3 Å². The van der Waals surface area contributed by atoms with Gasteiger partial charge in [0, 0.05) is 12.7 Å². The monoisotopic (exact) mass is 456 g/mol. The fourth-order valence-corrected chi connectivity index (χ4v) is 3.09. The van der Waals surface area contributed by atoms with Crippen LogP contribution in [0.4, 0.5) is 10.1 Å². The highest BCUT2D eigenvalue weighted by atomic mass is 19.1. The summed E-state index contributed by atoms with van der Waals surface area (Å²) in [6.07, 6.45) is 2.52. The molecular weight excluding hydrogens is 427 g/mol. The predicted octanol–water partition coefficient (Wildman–Crippen LogP) is 6.68. The Morgan fingerprint density at radius 3 is 2.09 bits per heavy atom. The first-order valence-electron chi connectivity index (χ1n) is 10.9. The molecule has 1 N–H and O–H groups in total. The van der Waals surface area contributed by atoms with Gasteiger partial charge in [-0.05, 0) is 67.3 Å². The van der Waals surface area contributed by atoms with Gasteiger partial charge in [0.1, 0.15) is 17.6 Å². The number of carboxylic acids is 1. The zero-order valence-corrected chi connectivity index (χ0v) is 20.0. The minimum Gasteiger partial charge on any atom is -0.477 e. The van der Waals surface area contributed by atoms with E-state index in [0.29, 0.717) is 16.8 Å². The summed E-state index contributed by atoms with van der Waals surface area (Å²) in [4.78, 5) is 13.2. The van der Waals surface area contributed by atoms with Crippen molar-refractivity contribution in [1.82, 2.24) is 0 Å². The second-order valence-corrected chi connectivity index (χ2v) is 7.90. The van der Waals surface area contributed by atoms with Crippen LogP contribution < -0.4 is 4.90 Å². The van der Waals surface area contributed by atoms with Crippen LogP contribution in [-0.4, -0.2) is 18.1 Å². The first-order chi connectivity index (χ1) is 16.2. The van der Waals surface area contributed by atoms with E-state index in [1.54, 1.807) is 13.1 Å². The van der Waals surface area contributed by atoms with Crippen molar-refractivity contribution in [2.24, 2.45) is 0 Å². The molecule has 0 fully saturated rings. The largest absolute Gasteiger partial charge is 0.477 e. The van der Waals surface area contributed by atoms with Crippen molar-refractivity contribution in [2.75, 3.05) is 11.9 Å². The van der Waals surface area contributed by atoms with Crippen molar-refractivity contribution >= 4 is 17.2 Å². The van der Waals surface area contributed by atoms with E-state index in [1.807, 2.05) is 31.2 Å². The summed E-state index contributed by atoms with van der Waals surface area (Å²) >= 11 is 0. The van der Waals surface area contributed by atoms with Crippen molar-refractivity contribution in [3.63, 3.8) is 0 Å². The molecule has 3 rings (SSSR count). The fraction of sp³-hybridized carbons (Fsp3) is 0.172. The molecular formula is C29H29FN2O2. The van der Waals surface area contributed by atoms with Gasteiger partial charge >= 0.3 is 5.97 Å². The molecule has 0 bridgehead atoms. The summed E-state index contributed by atoms with van der Waals surface area (Å²) in [5.74, 6) is -1.79. The van der Waals surface area contributed by atoms with E-state index >= 15 is 0 Å². The standard InChI is InChI=1S/C20H17FN2O2.C9H12/c1-13-4-8-17(9-5-13)23(3)19(20(24)25)10-14(2)15-6-7-16(12-22)18(21)11-15;1-3-9-6-4-8(2)5-7-9/h4-11H,2H2,1,3H3,(H,24,25);4-7H,3H2,1-2H3/b19-10-;. The highest BCUT2D eigenvalue weighted by Crippen LogP contribution is 2.23. The first-order valence-corrected chi connectivity index (χ1v) is 10.9. The van der Waals surface area contributed by atoms with Gasteiger partial charge < -0.3 is 10.0 Å². The molecule has 0 spiro atoms. The molecule has 0 aromatic heterocycles. The number of benzene rings is 3. The number of carbonyl (C=O) groups is 1. The average Bonchev–Trinajstić information content (AvgIpc) is 2.83. The summed E-state index contributed by atoms with van der Waals surface area (Å²) < 4.78 is 13.8. The number of carboxylic acid groups (broad SMARTS) is 1. The Balaban J connectivity index is 0.000000379. The molecule has 174 valence electrons. The Hall–Kier alpha value is -4.17. The number of anilines is 1. The normalized spacial score (nSPS) is 10.5. The van der Waals surface area contributed by atoms with Crippen molar-refractivity contribution in [2.45, 2.75) is 27.2 Å². The quantitative estimate of drug-likeness (QED) is 0.332. The van der Waals surface area contributed by atoms with Gasteiger partial charge in [-0.1, -0.05) is 67.1 Å². The number of likely N-dealkylation sites (N-methyl/N-ethyl adjacent to an activating group) is 1. The number of hydrogen-bond donors (Lipinski definition) is 1. The summed E-state index contributed by atoms with van der Waals surface area (Å²) in [5.41, 5.74) is 5.20. The minimum absolute atomic E-state index is 0.00128. The molecule has 0 aliphatic heterocycles. The molecule has 0 aliphatic carbocycles. The fourth-order valence-electron chi connectivity index (χ4n) is 3.09. The van der Waals surface area contributed by atoms with Crippen LogP contribution in [0.1, 0.15) is 34.7 Å². The third kappa shape index (κ3) is 7.18. The third-order valence-electron chi connectivity index (χ3n) is 5.30. The van der Waals surface area contributed by atoms with Crippen molar-refractivity contribution in [1.29, 1.82) is 5.26 Å². The molecule has 4 nitrogen and oxygen atoms in total. The second kappa shape index (κ2) is 12.2. The van der Waals surface area contributed by atoms with E-state index in [-0.39, 0.29) is 11.3 Å². The SMILES string of the molecule is C=C(/C=C(/C(=O)O)N(C)c1ccc(C)cc1)c1ccc(C#N)c(F)c1.CCc1ccc(C)cc1. The number of rotatable bonds is 6. The molecule has 0 unspecified atom stereocenters. The van der Waals surface area contributed by atoms with Gasteiger partial charge in [-0.3, -0.25) is 0 Å². The van der Waals surface area contributed by atoms with Gasteiger partial charge in [-0.15, -0.1) is 0 Å². The Kier molecular flexibility index (Phi) is 9.34. The molecule has 5 heteroatoms. The van der Waals surface area contributed by atoms with E-state index < -0.39 is 11.8 Å². The van der Waals surface area contributed by atoms with Crippen molar-refractivity contribution < 1.29 is 14.3 Å². The van der Waals surface area contributed by atoms with Crippen LogP contribution in [0.25, 0.3) is 5.57 Å². The maximum atomic E-state index is 13.8. The van der Waals surface area contributed by atoms with E-state index in [9.17, 15) is 14.3 Å². The predicted molar refractivity (Wildman–Crippen MR) is 136 cm³/mol. The molecule has 0 saturated carbocycles. The average molecular weight is 457 g/mol. The number of nitriles is 1. The van der Waals surface area contributed by atoms with E-state index in [4.69, 9.17) is 5.26 Å². The molecule has 0 amide bonds. The second-order valence-electron chi connectivity index (χ2n) is 7.90. The molecule has 3 aromatic carbocycles. The van der Waals surface area contributed by atoms with Crippen LogP contribution in [0.2, 0.25) is 0 Å². The van der Waals surface area contributed by atoms with Crippen LogP contribution >= 0.6 is 0 Å². The maximum Gasteiger partial charge on any atom is 0.352 e. The number of aliphatic carboxylic acids is 1. The Morgan fingerprint density at radius 1 is 1.06 bits per heavy atom. The lowest BCUT2D eigenvalue weighted by atomic mass is 10.0. The summed E-state index contributed by atoms with van der Waals surface area (Å²) in [5, 5.41) is 18.3. The molecule has 0 heterocycles. The number of aryl methyl sites for hydroxylation is 3. The summed E-state index contributed by atoms with van der Waals surface area (Å²) in [6.45, 7) is 10.0. The first kappa shape index (κ1) is 26.1. The topological polar surface area (TPSA) is 64.3 Å². The Labute approximate surface area is 200 Å². The zero-order chi connectivity index (χ0) is 25.3. The van der Waals surface area contributed by atoms with Crippen LogP contribution in [0.5, 0.6) is 0 Å². The molecule has 0 atom stereocenters. The highest BCUT2D eigenvalue weighted by Gasteiger charge is 2.16. The van der Waals surface area contributed by atoms with Crippen LogP contribution in [-0.2, 0) is 11.2 Å². The molecule has 34 heavy (non-hydrogen) atoms. The van der Waals surface area contributed by atoms with Gasteiger partial charge in [-0.2, -0.15) is 5.26 Å².